The molecule has 1 aliphatic heterocycles. The van der Waals surface area contributed by atoms with Crippen LogP contribution in [0.1, 0.15) is 19.3 Å². The van der Waals surface area contributed by atoms with Crippen molar-refractivity contribution in [3.8, 4) is 0 Å². The second-order valence-corrected chi connectivity index (χ2v) is 3.49. The Kier molecular flexibility index (Phi) is 3.68. The molecule has 1 aliphatic rings. The van der Waals surface area contributed by atoms with E-state index in [1.54, 1.807) is 11.0 Å². The van der Waals surface area contributed by atoms with Crippen molar-refractivity contribution in [2.45, 2.75) is 19.3 Å². The van der Waals surface area contributed by atoms with Gasteiger partial charge in [-0.15, -0.1) is 6.58 Å². The lowest BCUT2D eigenvalue weighted by molar-refractivity contribution is -0.120. The molecule has 1 amide bonds. The molecule has 0 spiro atoms. The van der Waals surface area contributed by atoms with Crippen LogP contribution in [0.15, 0.2) is 12.7 Å². The van der Waals surface area contributed by atoms with E-state index in [4.69, 9.17) is 0 Å². The third-order valence-electron chi connectivity index (χ3n) is 2.35. The zero-order valence-corrected chi connectivity index (χ0v) is 7.74. The number of likely N-dealkylation sites (tertiary alicyclic amines) is 1. The molecular weight excluding hydrogens is 166 g/mol. The number of ketones is 1. The van der Waals surface area contributed by atoms with Crippen molar-refractivity contribution in [2.75, 3.05) is 13.1 Å². The smallest absolute Gasteiger partial charge is 0.209 e. The van der Waals surface area contributed by atoms with E-state index in [0.717, 1.165) is 25.9 Å². The summed E-state index contributed by atoms with van der Waals surface area (Å²) in [6, 6.07) is 0. The predicted octanol–water partition coefficient (Wildman–Crippen LogP) is 1.00. The molecule has 1 saturated heterocycles. The van der Waals surface area contributed by atoms with Gasteiger partial charge in [0.2, 0.25) is 6.41 Å². The Morgan fingerprint density at radius 2 is 2.38 bits per heavy atom. The second-order valence-electron chi connectivity index (χ2n) is 3.49. The molecule has 0 N–H and O–H groups in total. The van der Waals surface area contributed by atoms with Gasteiger partial charge in [-0.05, 0) is 12.3 Å². The van der Waals surface area contributed by atoms with Gasteiger partial charge in [-0.25, -0.2) is 0 Å². The number of Topliss-reactive ketones (excluding diaryl/α,β-unsaturated/α-hetero) is 1. The van der Waals surface area contributed by atoms with Crippen LogP contribution in [0.3, 0.4) is 0 Å². The van der Waals surface area contributed by atoms with Crippen LogP contribution in [0.2, 0.25) is 0 Å². The van der Waals surface area contributed by atoms with E-state index in [2.05, 4.69) is 6.58 Å². The normalized spacial score (nSPS) is 21.5. The summed E-state index contributed by atoms with van der Waals surface area (Å²) in [6.45, 7) is 5.06. The van der Waals surface area contributed by atoms with Crippen LogP contribution in [0.25, 0.3) is 0 Å². The van der Waals surface area contributed by atoms with Crippen LogP contribution in [0.5, 0.6) is 0 Å². The number of amides is 1. The van der Waals surface area contributed by atoms with Crippen molar-refractivity contribution in [3.05, 3.63) is 12.7 Å². The van der Waals surface area contributed by atoms with Crippen molar-refractivity contribution in [1.29, 1.82) is 0 Å². The Labute approximate surface area is 78.4 Å². The van der Waals surface area contributed by atoms with Crippen molar-refractivity contribution >= 4 is 12.2 Å². The summed E-state index contributed by atoms with van der Waals surface area (Å²) < 4.78 is 0. The topological polar surface area (TPSA) is 37.4 Å². The third-order valence-corrected chi connectivity index (χ3v) is 2.35. The number of hydrogen-bond donors (Lipinski definition) is 0. The molecule has 0 unspecified atom stereocenters. The van der Waals surface area contributed by atoms with Gasteiger partial charge in [-0.2, -0.15) is 0 Å². The highest BCUT2D eigenvalue weighted by Crippen LogP contribution is 2.18. The van der Waals surface area contributed by atoms with Gasteiger partial charge in [-0.1, -0.05) is 6.08 Å². The van der Waals surface area contributed by atoms with E-state index >= 15 is 0 Å². The van der Waals surface area contributed by atoms with E-state index in [1.807, 2.05) is 0 Å². The molecule has 0 aromatic carbocycles. The molecule has 1 atom stereocenters. The van der Waals surface area contributed by atoms with Crippen molar-refractivity contribution in [2.24, 2.45) is 5.92 Å². The summed E-state index contributed by atoms with van der Waals surface area (Å²) in [6.07, 6.45) is 4.50. The highest BCUT2D eigenvalue weighted by molar-refractivity contribution is 5.80. The Bertz CT molecular complexity index is 213. The van der Waals surface area contributed by atoms with E-state index in [-0.39, 0.29) is 5.78 Å². The largest absolute Gasteiger partial charge is 0.345 e. The Balaban J connectivity index is 2.27. The van der Waals surface area contributed by atoms with Crippen LogP contribution in [0, 0.1) is 5.92 Å². The van der Waals surface area contributed by atoms with Gasteiger partial charge in [0.15, 0.2) is 0 Å². The molecule has 13 heavy (non-hydrogen) atoms. The van der Waals surface area contributed by atoms with Gasteiger partial charge in [0.1, 0.15) is 5.78 Å². The average Bonchev–Trinajstić information content (AvgIpc) is 2.52. The standard InChI is InChI=1S/C10H15NO2/c1-2-3-10(13)6-9-4-5-11(7-9)8-12/h2,8-9H,1,3-7H2/t9-/m0/s1. The van der Waals surface area contributed by atoms with E-state index in [9.17, 15) is 9.59 Å². The highest BCUT2D eigenvalue weighted by Gasteiger charge is 2.22. The fourth-order valence-corrected chi connectivity index (χ4v) is 1.69. The number of hydrogen-bond acceptors (Lipinski definition) is 2. The molecule has 0 bridgehead atoms. The summed E-state index contributed by atoms with van der Waals surface area (Å²) >= 11 is 0. The molecule has 0 radical (unpaired) electrons. The van der Waals surface area contributed by atoms with Gasteiger partial charge >= 0.3 is 0 Å². The molecule has 3 heteroatoms. The zero-order valence-electron chi connectivity index (χ0n) is 7.74. The third kappa shape index (κ3) is 3.01. The quantitative estimate of drug-likeness (QED) is 0.468. The van der Waals surface area contributed by atoms with Gasteiger partial charge in [0.25, 0.3) is 0 Å². The fraction of sp³-hybridized carbons (Fsp3) is 0.600. The van der Waals surface area contributed by atoms with E-state index < -0.39 is 0 Å². The molecule has 72 valence electrons. The van der Waals surface area contributed by atoms with Crippen molar-refractivity contribution in [1.82, 2.24) is 4.90 Å². The molecule has 0 aliphatic carbocycles. The molecule has 1 heterocycles. The van der Waals surface area contributed by atoms with Crippen molar-refractivity contribution < 1.29 is 9.59 Å². The van der Waals surface area contributed by atoms with Crippen LogP contribution >= 0.6 is 0 Å². The maximum absolute atomic E-state index is 11.2. The summed E-state index contributed by atoms with van der Waals surface area (Å²) in [5.74, 6) is 0.602. The zero-order chi connectivity index (χ0) is 9.68. The van der Waals surface area contributed by atoms with Gasteiger partial charge in [-0.3, -0.25) is 9.59 Å². The Hall–Kier alpha value is -1.12. The van der Waals surface area contributed by atoms with Gasteiger partial charge < -0.3 is 4.90 Å². The monoisotopic (exact) mass is 181 g/mol. The van der Waals surface area contributed by atoms with Crippen LogP contribution in [-0.2, 0) is 9.59 Å². The molecule has 1 rings (SSSR count). The average molecular weight is 181 g/mol. The first kappa shape index (κ1) is 9.96. The number of allylic oxidation sites excluding steroid dienone is 1. The second kappa shape index (κ2) is 4.80. The SMILES string of the molecule is C=CCC(=O)C[C@@H]1CCN(C=O)C1. The first-order chi connectivity index (χ1) is 6.26. The predicted molar refractivity (Wildman–Crippen MR) is 50.2 cm³/mol. The first-order valence-corrected chi connectivity index (χ1v) is 4.58. The minimum Gasteiger partial charge on any atom is -0.345 e. The van der Waals surface area contributed by atoms with Crippen molar-refractivity contribution in [3.63, 3.8) is 0 Å². The molecule has 0 aromatic heterocycles. The Morgan fingerprint density at radius 3 is 2.92 bits per heavy atom. The number of carbonyl (C=O) groups excluding carboxylic acids is 2. The van der Waals surface area contributed by atoms with Crippen LogP contribution in [-0.4, -0.2) is 30.2 Å². The summed E-state index contributed by atoms with van der Waals surface area (Å²) in [5, 5.41) is 0. The number of rotatable bonds is 5. The Morgan fingerprint density at radius 1 is 1.62 bits per heavy atom. The van der Waals surface area contributed by atoms with Gasteiger partial charge in [0, 0.05) is 25.9 Å². The maximum atomic E-state index is 11.2. The lowest BCUT2D eigenvalue weighted by atomic mass is 10.0. The number of carbonyl (C=O) groups is 2. The van der Waals surface area contributed by atoms with E-state index in [1.165, 1.54) is 0 Å². The van der Waals surface area contributed by atoms with Gasteiger partial charge in [0.05, 0.1) is 0 Å². The lowest BCUT2D eigenvalue weighted by Gasteiger charge is -2.08. The van der Waals surface area contributed by atoms with E-state index in [0.29, 0.717) is 18.8 Å². The highest BCUT2D eigenvalue weighted by atomic mass is 16.1. The minimum absolute atomic E-state index is 0.229. The summed E-state index contributed by atoms with van der Waals surface area (Å²) in [7, 11) is 0. The summed E-state index contributed by atoms with van der Waals surface area (Å²) in [5.41, 5.74) is 0. The first-order valence-electron chi connectivity index (χ1n) is 4.58. The minimum atomic E-state index is 0.229. The van der Waals surface area contributed by atoms with Crippen LogP contribution < -0.4 is 0 Å². The molecule has 0 aromatic rings. The molecular formula is C10H15NO2. The molecule has 0 saturated carbocycles. The number of nitrogens with zero attached hydrogens (tertiary/aromatic N) is 1. The van der Waals surface area contributed by atoms with Crippen LogP contribution in [0.4, 0.5) is 0 Å². The summed E-state index contributed by atoms with van der Waals surface area (Å²) in [4.78, 5) is 23.3. The maximum Gasteiger partial charge on any atom is 0.209 e. The lowest BCUT2D eigenvalue weighted by Crippen LogP contribution is -2.19. The molecule has 1 fully saturated rings. The molecule has 3 nitrogen and oxygen atoms in total. The fourth-order valence-electron chi connectivity index (χ4n) is 1.69.